The Hall–Kier alpha value is -2.80. The van der Waals surface area contributed by atoms with Crippen LogP contribution in [0.4, 0.5) is 26.3 Å². The van der Waals surface area contributed by atoms with Crippen LogP contribution in [0, 0.1) is 0 Å². The smallest absolute Gasteiger partial charge is 0.306 e. The molecule has 0 spiro atoms. The molecule has 0 radical (unpaired) electrons. The number of alkyl halides is 6. The lowest BCUT2D eigenvalue weighted by atomic mass is 9.95. The van der Waals surface area contributed by atoms with Crippen molar-refractivity contribution in [2.24, 2.45) is 0 Å². The van der Waals surface area contributed by atoms with E-state index in [-0.39, 0.29) is 17.2 Å². The van der Waals surface area contributed by atoms with Crippen LogP contribution >= 0.6 is 0 Å². The molecule has 0 aliphatic rings. The Kier molecular flexibility index (Phi) is 6.22. The average Bonchev–Trinajstić information content (AvgIpc) is 2.71. The summed E-state index contributed by atoms with van der Waals surface area (Å²) >= 11 is 0. The number of hydrogen-bond acceptors (Lipinski definition) is 1. The molecule has 0 aliphatic heterocycles. The van der Waals surface area contributed by atoms with Gasteiger partial charge in [0.25, 0.3) is 0 Å². The van der Waals surface area contributed by atoms with Crippen molar-refractivity contribution in [3.63, 3.8) is 0 Å². The third-order valence-corrected chi connectivity index (χ3v) is 4.82. The van der Waals surface area contributed by atoms with Crippen molar-refractivity contribution < 1.29 is 26.3 Å². The van der Waals surface area contributed by atoms with E-state index in [1.54, 1.807) is 0 Å². The van der Waals surface area contributed by atoms with Crippen molar-refractivity contribution in [3.8, 4) is 11.1 Å². The van der Waals surface area contributed by atoms with Gasteiger partial charge in [-0.05, 0) is 53.4 Å². The summed E-state index contributed by atoms with van der Waals surface area (Å²) in [4.78, 5) is 0. The van der Waals surface area contributed by atoms with Crippen LogP contribution < -0.4 is 5.32 Å². The van der Waals surface area contributed by atoms with Gasteiger partial charge in [-0.25, -0.2) is 0 Å². The standard InChI is InChI=1S/C23H19F6N/c1-15(17-5-3-2-4-6-17)30-14-16-7-12-21(23(27,28)29)20(13-16)18-8-10-19(11-9-18)22(24,25)26/h2-13,15,30H,14H2,1H3. The van der Waals surface area contributed by atoms with Crippen molar-refractivity contribution >= 4 is 0 Å². The van der Waals surface area contributed by atoms with Crippen LogP contribution in [0.2, 0.25) is 0 Å². The summed E-state index contributed by atoms with van der Waals surface area (Å²) in [5, 5.41) is 3.25. The summed E-state index contributed by atoms with van der Waals surface area (Å²) < 4.78 is 78.8. The fourth-order valence-corrected chi connectivity index (χ4v) is 3.16. The number of nitrogens with one attached hydrogen (secondary N) is 1. The van der Waals surface area contributed by atoms with E-state index in [9.17, 15) is 26.3 Å². The molecule has 0 aliphatic carbocycles. The zero-order valence-corrected chi connectivity index (χ0v) is 16.0. The molecule has 0 aromatic heterocycles. The summed E-state index contributed by atoms with van der Waals surface area (Å²) in [6, 6.07) is 17.0. The monoisotopic (exact) mass is 423 g/mol. The third kappa shape index (κ3) is 5.21. The quantitative estimate of drug-likeness (QED) is 0.427. The van der Waals surface area contributed by atoms with E-state index in [0.717, 1.165) is 35.9 Å². The summed E-state index contributed by atoms with van der Waals surface area (Å²) in [5.74, 6) is 0. The van der Waals surface area contributed by atoms with Gasteiger partial charge in [0, 0.05) is 12.6 Å². The van der Waals surface area contributed by atoms with E-state index in [0.29, 0.717) is 12.1 Å². The summed E-state index contributed by atoms with van der Waals surface area (Å²) in [6.07, 6.45) is -9.17. The van der Waals surface area contributed by atoms with E-state index < -0.39 is 23.5 Å². The van der Waals surface area contributed by atoms with Gasteiger partial charge >= 0.3 is 12.4 Å². The first-order valence-electron chi connectivity index (χ1n) is 9.22. The van der Waals surface area contributed by atoms with Crippen LogP contribution in [-0.4, -0.2) is 0 Å². The van der Waals surface area contributed by atoms with Gasteiger partial charge in [0.1, 0.15) is 0 Å². The second-order valence-corrected chi connectivity index (χ2v) is 6.97. The Bertz CT molecular complexity index is 975. The Morgan fingerprint density at radius 1 is 0.767 bits per heavy atom. The minimum absolute atomic E-state index is 0.0250. The summed E-state index contributed by atoms with van der Waals surface area (Å²) in [7, 11) is 0. The van der Waals surface area contributed by atoms with Crippen molar-refractivity contribution in [1.29, 1.82) is 0 Å². The topological polar surface area (TPSA) is 12.0 Å². The predicted octanol–water partition coefficient (Wildman–Crippen LogP) is 7.24. The summed E-state index contributed by atoms with van der Waals surface area (Å²) in [6.45, 7) is 2.25. The zero-order chi connectivity index (χ0) is 21.9. The molecule has 30 heavy (non-hydrogen) atoms. The first kappa shape index (κ1) is 21.9. The fraction of sp³-hybridized carbons (Fsp3) is 0.217. The van der Waals surface area contributed by atoms with Gasteiger partial charge in [-0.1, -0.05) is 48.5 Å². The maximum absolute atomic E-state index is 13.5. The van der Waals surface area contributed by atoms with Crippen LogP contribution in [0.5, 0.6) is 0 Å². The molecule has 1 N–H and O–H groups in total. The highest BCUT2D eigenvalue weighted by Crippen LogP contribution is 2.39. The zero-order valence-electron chi connectivity index (χ0n) is 16.0. The number of hydrogen-bond donors (Lipinski definition) is 1. The van der Waals surface area contributed by atoms with Gasteiger partial charge in [-0.3, -0.25) is 0 Å². The molecule has 0 amide bonds. The Morgan fingerprint density at radius 3 is 1.97 bits per heavy atom. The molecule has 1 atom stereocenters. The molecular formula is C23H19F6N. The molecule has 7 heteroatoms. The van der Waals surface area contributed by atoms with E-state index in [1.165, 1.54) is 12.1 Å². The summed E-state index contributed by atoms with van der Waals surface area (Å²) in [5.41, 5.74) is -0.236. The highest BCUT2D eigenvalue weighted by Gasteiger charge is 2.34. The molecule has 158 valence electrons. The molecule has 0 saturated carbocycles. The molecule has 3 aromatic carbocycles. The largest absolute Gasteiger partial charge is 0.417 e. The lowest BCUT2D eigenvalue weighted by molar-refractivity contribution is -0.138. The van der Waals surface area contributed by atoms with Gasteiger partial charge in [0.2, 0.25) is 0 Å². The Morgan fingerprint density at radius 2 is 1.40 bits per heavy atom. The second-order valence-electron chi connectivity index (χ2n) is 6.97. The number of rotatable bonds is 5. The second kappa shape index (κ2) is 8.52. The molecule has 1 unspecified atom stereocenters. The molecular weight excluding hydrogens is 404 g/mol. The molecule has 0 fully saturated rings. The normalized spacial score (nSPS) is 13.3. The number of halogens is 6. The average molecular weight is 423 g/mol. The van der Waals surface area contributed by atoms with Crippen LogP contribution in [0.25, 0.3) is 11.1 Å². The lowest BCUT2D eigenvalue weighted by Gasteiger charge is -2.18. The highest BCUT2D eigenvalue weighted by atomic mass is 19.4. The molecule has 0 saturated heterocycles. The van der Waals surface area contributed by atoms with Crippen LogP contribution in [0.15, 0.2) is 72.8 Å². The highest BCUT2D eigenvalue weighted by molar-refractivity contribution is 5.69. The van der Waals surface area contributed by atoms with Crippen LogP contribution in [0.3, 0.4) is 0 Å². The maximum atomic E-state index is 13.5. The van der Waals surface area contributed by atoms with Crippen molar-refractivity contribution in [2.45, 2.75) is 31.9 Å². The predicted molar refractivity (Wildman–Crippen MR) is 104 cm³/mol. The van der Waals surface area contributed by atoms with E-state index >= 15 is 0 Å². The van der Waals surface area contributed by atoms with Gasteiger partial charge in [0.05, 0.1) is 11.1 Å². The molecule has 1 nitrogen and oxygen atoms in total. The van der Waals surface area contributed by atoms with E-state index in [1.807, 2.05) is 37.3 Å². The number of benzene rings is 3. The maximum Gasteiger partial charge on any atom is 0.417 e. The Balaban J connectivity index is 1.89. The van der Waals surface area contributed by atoms with Crippen molar-refractivity contribution in [1.82, 2.24) is 5.32 Å². The minimum Gasteiger partial charge on any atom is -0.306 e. The van der Waals surface area contributed by atoms with E-state index in [2.05, 4.69) is 5.32 Å². The van der Waals surface area contributed by atoms with Gasteiger partial charge in [-0.2, -0.15) is 26.3 Å². The fourth-order valence-electron chi connectivity index (χ4n) is 3.16. The molecule has 0 heterocycles. The van der Waals surface area contributed by atoms with E-state index in [4.69, 9.17) is 0 Å². The van der Waals surface area contributed by atoms with Crippen LogP contribution in [-0.2, 0) is 18.9 Å². The minimum atomic E-state index is -4.62. The molecule has 3 aromatic rings. The first-order valence-corrected chi connectivity index (χ1v) is 9.22. The van der Waals surface area contributed by atoms with Crippen LogP contribution in [0.1, 0.15) is 35.2 Å². The first-order chi connectivity index (χ1) is 14.1. The Labute approximate surface area is 170 Å². The lowest BCUT2D eigenvalue weighted by Crippen LogP contribution is -2.18. The van der Waals surface area contributed by atoms with Gasteiger partial charge in [0.15, 0.2) is 0 Å². The van der Waals surface area contributed by atoms with Crippen molar-refractivity contribution in [2.75, 3.05) is 0 Å². The SMILES string of the molecule is CC(NCc1ccc(C(F)(F)F)c(-c2ccc(C(F)(F)F)cc2)c1)c1ccccc1. The molecule has 3 rings (SSSR count). The van der Waals surface area contributed by atoms with Gasteiger partial charge in [-0.15, -0.1) is 0 Å². The molecule has 0 bridgehead atoms. The van der Waals surface area contributed by atoms with Crippen molar-refractivity contribution in [3.05, 3.63) is 95.1 Å². The third-order valence-electron chi connectivity index (χ3n) is 4.82. The van der Waals surface area contributed by atoms with Gasteiger partial charge < -0.3 is 5.32 Å².